The van der Waals surface area contributed by atoms with Crippen molar-refractivity contribution < 1.29 is 18.0 Å². The highest BCUT2D eigenvalue weighted by molar-refractivity contribution is 6.06. The lowest BCUT2D eigenvalue weighted by Crippen LogP contribution is -2.04. The van der Waals surface area contributed by atoms with E-state index in [-0.39, 0.29) is 5.78 Å². The number of pyridine rings is 1. The lowest BCUT2D eigenvalue weighted by atomic mass is 10.1. The number of alkyl halides is 3. The minimum atomic E-state index is -4.39. The first-order chi connectivity index (χ1) is 9.47. The van der Waals surface area contributed by atoms with Crippen molar-refractivity contribution in [1.29, 1.82) is 0 Å². The van der Waals surface area contributed by atoms with Crippen LogP contribution in [-0.2, 0) is 6.18 Å². The van der Waals surface area contributed by atoms with Crippen LogP contribution < -0.4 is 0 Å². The van der Waals surface area contributed by atoms with Gasteiger partial charge in [-0.3, -0.25) is 9.78 Å². The van der Waals surface area contributed by atoms with Crippen molar-refractivity contribution in [3.8, 4) is 0 Å². The molecule has 0 aliphatic heterocycles. The molecule has 5 heteroatoms. The van der Waals surface area contributed by atoms with Gasteiger partial charge in [0, 0.05) is 18.0 Å². The first kappa shape index (κ1) is 14.0. The molecule has 0 atom stereocenters. The Kier molecular flexibility index (Phi) is 3.98. The molecular formula is C15H10F3NO. The molecule has 2 rings (SSSR count). The van der Waals surface area contributed by atoms with Crippen LogP contribution in [0.25, 0.3) is 6.08 Å². The van der Waals surface area contributed by atoms with Gasteiger partial charge in [0.25, 0.3) is 0 Å². The topological polar surface area (TPSA) is 30.0 Å². The van der Waals surface area contributed by atoms with Gasteiger partial charge in [-0.25, -0.2) is 0 Å². The number of nitrogens with zero attached hydrogens (tertiary/aromatic N) is 1. The molecule has 102 valence electrons. The van der Waals surface area contributed by atoms with E-state index in [2.05, 4.69) is 4.98 Å². The number of aromatic nitrogens is 1. The summed E-state index contributed by atoms with van der Waals surface area (Å²) < 4.78 is 37.6. The number of carbonyl (C=O) groups is 1. The predicted octanol–water partition coefficient (Wildman–Crippen LogP) is 4.00. The number of halogens is 3. The quantitative estimate of drug-likeness (QED) is 0.627. The van der Waals surface area contributed by atoms with Gasteiger partial charge < -0.3 is 0 Å². The van der Waals surface area contributed by atoms with Crippen LogP contribution in [0.1, 0.15) is 21.5 Å². The minimum absolute atomic E-state index is 0.310. The fourth-order valence-electron chi connectivity index (χ4n) is 1.60. The third kappa shape index (κ3) is 3.54. The fraction of sp³-hybridized carbons (Fsp3) is 0.0667. The molecule has 20 heavy (non-hydrogen) atoms. The van der Waals surface area contributed by atoms with Crippen LogP contribution in [0.2, 0.25) is 0 Å². The Morgan fingerprint density at radius 1 is 1.15 bits per heavy atom. The Labute approximate surface area is 113 Å². The molecular weight excluding hydrogens is 267 g/mol. The zero-order chi connectivity index (χ0) is 14.6. The summed E-state index contributed by atoms with van der Waals surface area (Å²) in [6.45, 7) is 0. The fourth-order valence-corrected chi connectivity index (χ4v) is 1.60. The Bertz CT molecular complexity index is 633. The van der Waals surface area contributed by atoms with Crippen LogP contribution >= 0.6 is 0 Å². The molecule has 0 fully saturated rings. The Morgan fingerprint density at radius 3 is 2.60 bits per heavy atom. The molecule has 0 N–H and O–H groups in total. The lowest BCUT2D eigenvalue weighted by molar-refractivity contribution is -0.137. The summed E-state index contributed by atoms with van der Waals surface area (Å²) >= 11 is 0. The Morgan fingerprint density at radius 2 is 1.95 bits per heavy atom. The largest absolute Gasteiger partial charge is 0.416 e. The van der Waals surface area contributed by atoms with Crippen LogP contribution in [0.3, 0.4) is 0 Å². The standard InChI is InChI=1S/C15H10F3NO/c16-15(17,18)13-5-1-3-11(9-13)6-7-14(20)12-4-2-8-19-10-12/h1-10H/b7-6+. The summed E-state index contributed by atoms with van der Waals surface area (Å²) in [4.78, 5) is 15.6. The first-order valence-electron chi connectivity index (χ1n) is 5.76. The van der Waals surface area contributed by atoms with E-state index in [0.29, 0.717) is 11.1 Å². The highest BCUT2D eigenvalue weighted by Crippen LogP contribution is 2.29. The highest BCUT2D eigenvalue weighted by Gasteiger charge is 2.30. The van der Waals surface area contributed by atoms with Crippen LogP contribution in [0.15, 0.2) is 54.9 Å². The molecule has 0 bridgehead atoms. The van der Waals surface area contributed by atoms with Crippen molar-refractivity contribution in [1.82, 2.24) is 4.98 Å². The second kappa shape index (κ2) is 5.69. The van der Waals surface area contributed by atoms with Gasteiger partial charge in [-0.2, -0.15) is 13.2 Å². The minimum Gasteiger partial charge on any atom is -0.289 e. The maximum absolute atomic E-state index is 12.5. The van der Waals surface area contributed by atoms with Gasteiger partial charge in [0.2, 0.25) is 0 Å². The van der Waals surface area contributed by atoms with Crippen molar-refractivity contribution in [2.24, 2.45) is 0 Å². The smallest absolute Gasteiger partial charge is 0.289 e. The van der Waals surface area contributed by atoms with Gasteiger partial charge in [-0.15, -0.1) is 0 Å². The number of benzene rings is 1. The molecule has 1 aromatic carbocycles. The van der Waals surface area contributed by atoms with E-state index in [9.17, 15) is 18.0 Å². The third-order valence-corrected chi connectivity index (χ3v) is 2.59. The molecule has 0 saturated carbocycles. The number of carbonyl (C=O) groups excluding carboxylic acids is 1. The summed E-state index contributed by atoms with van der Waals surface area (Å²) in [7, 11) is 0. The summed E-state index contributed by atoms with van der Waals surface area (Å²) in [5.74, 6) is -0.310. The van der Waals surface area contributed by atoms with E-state index in [1.54, 1.807) is 12.1 Å². The molecule has 0 aliphatic rings. The van der Waals surface area contributed by atoms with Crippen molar-refractivity contribution >= 4 is 11.9 Å². The Hall–Kier alpha value is -2.43. The SMILES string of the molecule is O=C(/C=C/c1cccc(C(F)(F)F)c1)c1cccnc1. The number of rotatable bonds is 3. The van der Waals surface area contributed by atoms with E-state index in [1.165, 1.54) is 36.7 Å². The maximum atomic E-state index is 12.5. The summed E-state index contributed by atoms with van der Waals surface area (Å²) in [5, 5.41) is 0. The molecule has 0 radical (unpaired) electrons. The van der Waals surface area contributed by atoms with Gasteiger partial charge in [0.1, 0.15) is 0 Å². The van der Waals surface area contributed by atoms with E-state index in [0.717, 1.165) is 12.1 Å². The highest BCUT2D eigenvalue weighted by atomic mass is 19.4. The molecule has 2 nitrogen and oxygen atoms in total. The third-order valence-electron chi connectivity index (χ3n) is 2.59. The number of allylic oxidation sites excluding steroid dienone is 1. The van der Waals surface area contributed by atoms with Crippen molar-refractivity contribution in [3.63, 3.8) is 0 Å². The number of ketones is 1. The number of hydrogen-bond acceptors (Lipinski definition) is 2. The van der Waals surface area contributed by atoms with Crippen LogP contribution in [0, 0.1) is 0 Å². The second-order valence-electron chi connectivity index (χ2n) is 4.06. The molecule has 0 aliphatic carbocycles. The monoisotopic (exact) mass is 277 g/mol. The van der Waals surface area contributed by atoms with Crippen LogP contribution in [0.4, 0.5) is 13.2 Å². The first-order valence-corrected chi connectivity index (χ1v) is 5.76. The van der Waals surface area contributed by atoms with E-state index >= 15 is 0 Å². The molecule has 1 aromatic heterocycles. The van der Waals surface area contributed by atoms with Gasteiger partial charge in [0.05, 0.1) is 5.56 Å². The molecule has 0 amide bonds. The molecule has 0 unspecified atom stereocenters. The van der Waals surface area contributed by atoms with E-state index in [4.69, 9.17) is 0 Å². The normalized spacial score (nSPS) is 11.8. The predicted molar refractivity (Wildman–Crippen MR) is 69.0 cm³/mol. The molecule has 0 spiro atoms. The Balaban J connectivity index is 2.18. The number of hydrogen-bond donors (Lipinski definition) is 0. The second-order valence-corrected chi connectivity index (χ2v) is 4.06. The molecule has 1 heterocycles. The molecule has 2 aromatic rings. The van der Waals surface area contributed by atoms with E-state index in [1.807, 2.05) is 0 Å². The average Bonchev–Trinajstić information content (AvgIpc) is 2.45. The zero-order valence-corrected chi connectivity index (χ0v) is 10.3. The van der Waals surface area contributed by atoms with Gasteiger partial charge in [-0.05, 0) is 35.9 Å². The van der Waals surface area contributed by atoms with Crippen molar-refractivity contribution in [2.45, 2.75) is 6.18 Å². The maximum Gasteiger partial charge on any atom is 0.416 e. The summed E-state index contributed by atoms with van der Waals surface area (Å²) in [6, 6.07) is 7.99. The average molecular weight is 277 g/mol. The van der Waals surface area contributed by atoms with Crippen molar-refractivity contribution in [2.75, 3.05) is 0 Å². The van der Waals surface area contributed by atoms with Crippen LogP contribution in [-0.4, -0.2) is 10.8 Å². The van der Waals surface area contributed by atoms with Gasteiger partial charge >= 0.3 is 6.18 Å². The lowest BCUT2D eigenvalue weighted by Gasteiger charge is -2.06. The van der Waals surface area contributed by atoms with Gasteiger partial charge in [0.15, 0.2) is 5.78 Å². The zero-order valence-electron chi connectivity index (χ0n) is 10.3. The van der Waals surface area contributed by atoms with E-state index < -0.39 is 11.7 Å². The summed E-state index contributed by atoms with van der Waals surface area (Å²) in [5.41, 5.74) is -0.0405. The molecule has 0 saturated heterocycles. The van der Waals surface area contributed by atoms with Crippen molar-refractivity contribution in [3.05, 3.63) is 71.6 Å². The van der Waals surface area contributed by atoms with Crippen LogP contribution in [0.5, 0.6) is 0 Å². The summed E-state index contributed by atoms with van der Waals surface area (Å²) in [6.07, 6.45) is 1.13. The van der Waals surface area contributed by atoms with Gasteiger partial charge in [-0.1, -0.05) is 18.2 Å².